The van der Waals surface area contributed by atoms with Crippen LogP contribution in [0.4, 0.5) is 5.69 Å². The van der Waals surface area contributed by atoms with Crippen molar-refractivity contribution < 1.29 is 9.59 Å². The third-order valence-electron chi connectivity index (χ3n) is 4.41. The van der Waals surface area contributed by atoms with Crippen molar-refractivity contribution in [2.24, 2.45) is 0 Å². The summed E-state index contributed by atoms with van der Waals surface area (Å²) >= 11 is 1.42. The lowest BCUT2D eigenvalue weighted by Crippen LogP contribution is -2.43. The minimum Gasteiger partial charge on any atom is -0.326 e. The molecule has 1 aromatic heterocycles. The van der Waals surface area contributed by atoms with Crippen molar-refractivity contribution in [3.63, 3.8) is 0 Å². The zero-order valence-corrected chi connectivity index (χ0v) is 14.2. The van der Waals surface area contributed by atoms with Crippen LogP contribution in [0.1, 0.15) is 33.6 Å². The number of hydrogen-bond acceptors (Lipinski definition) is 3. The summed E-state index contributed by atoms with van der Waals surface area (Å²) in [4.78, 5) is 27.6. The van der Waals surface area contributed by atoms with Crippen LogP contribution in [0.2, 0.25) is 0 Å². The fraction of sp³-hybridized carbons (Fsp3) is 0.333. The van der Waals surface area contributed by atoms with E-state index in [9.17, 15) is 9.59 Å². The van der Waals surface area contributed by atoms with E-state index in [0.29, 0.717) is 17.8 Å². The van der Waals surface area contributed by atoms with Crippen molar-refractivity contribution in [3.05, 3.63) is 51.7 Å². The van der Waals surface area contributed by atoms with E-state index in [1.54, 1.807) is 4.90 Å². The number of anilines is 1. The molecular formula is C18H20N2O2S. The first-order chi connectivity index (χ1) is 11.1. The van der Waals surface area contributed by atoms with E-state index in [0.717, 1.165) is 23.2 Å². The van der Waals surface area contributed by atoms with Crippen LogP contribution in [0.5, 0.6) is 0 Å². The third-order valence-corrected chi connectivity index (χ3v) is 5.27. The SMILES string of the molecule is Cc1cccc(NC(=O)[C@@H]2CCCN2C(=O)c2cccs2)c1C. The molecule has 0 radical (unpaired) electrons. The molecule has 0 saturated carbocycles. The predicted octanol–water partition coefficient (Wildman–Crippen LogP) is 3.61. The van der Waals surface area contributed by atoms with Gasteiger partial charge in [-0.2, -0.15) is 0 Å². The van der Waals surface area contributed by atoms with E-state index in [4.69, 9.17) is 0 Å². The van der Waals surface area contributed by atoms with E-state index in [-0.39, 0.29) is 17.9 Å². The highest BCUT2D eigenvalue weighted by molar-refractivity contribution is 7.12. The number of aryl methyl sites for hydroxylation is 1. The van der Waals surface area contributed by atoms with E-state index in [1.165, 1.54) is 11.3 Å². The molecule has 0 bridgehead atoms. The van der Waals surface area contributed by atoms with Crippen LogP contribution in [0.15, 0.2) is 35.7 Å². The number of thiophene rings is 1. The van der Waals surface area contributed by atoms with Gasteiger partial charge in [0.2, 0.25) is 5.91 Å². The Labute approximate surface area is 140 Å². The van der Waals surface area contributed by atoms with Crippen molar-refractivity contribution in [1.82, 2.24) is 4.90 Å². The largest absolute Gasteiger partial charge is 0.326 e. The Bertz CT molecular complexity index is 725. The molecule has 1 atom stereocenters. The molecule has 1 fully saturated rings. The quantitative estimate of drug-likeness (QED) is 0.936. The van der Waals surface area contributed by atoms with E-state index >= 15 is 0 Å². The van der Waals surface area contributed by atoms with Crippen LogP contribution in [-0.4, -0.2) is 29.3 Å². The first-order valence-corrected chi connectivity index (χ1v) is 8.67. The van der Waals surface area contributed by atoms with Crippen molar-refractivity contribution >= 4 is 28.8 Å². The molecule has 0 aliphatic carbocycles. The highest BCUT2D eigenvalue weighted by Gasteiger charge is 2.35. The number of amides is 2. The number of carbonyl (C=O) groups is 2. The van der Waals surface area contributed by atoms with E-state index in [2.05, 4.69) is 5.32 Å². The van der Waals surface area contributed by atoms with Crippen molar-refractivity contribution in [1.29, 1.82) is 0 Å². The first-order valence-electron chi connectivity index (χ1n) is 7.79. The maximum Gasteiger partial charge on any atom is 0.264 e. The molecule has 2 aromatic rings. The predicted molar refractivity (Wildman–Crippen MR) is 92.9 cm³/mol. The Morgan fingerprint density at radius 2 is 2.04 bits per heavy atom. The second kappa shape index (κ2) is 6.54. The lowest BCUT2D eigenvalue weighted by Gasteiger charge is -2.24. The normalized spacial score (nSPS) is 17.3. The Hall–Kier alpha value is -2.14. The molecule has 0 spiro atoms. The molecule has 3 rings (SSSR count). The molecule has 120 valence electrons. The summed E-state index contributed by atoms with van der Waals surface area (Å²) in [7, 11) is 0. The van der Waals surface area contributed by atoms with Crippen molar-refractivity contribution in [2.75, 3.05) is 11.9 Å². The highest BCUT2D eigenvalue weighted by Crippen LogP contribution is 2.24. The molecule has 2 heterocycles. The maximum absolute atomic E-state index is 12.7. The van der Waals surface area contributed by atoms with Gasteiger partial charge in [0.05, 0.1) is 4.88 Å². The van der Waals surface area contributed by atoms with Crippen LogP contribution in [0.3, 0.4) is 0 Å². The Morgan fingerprint density at radius 1 is 1.22 bits per heavy atom. The number of benzene rings is 1. The average molecular weight is 328 g/mol. The summed E-state index contributed by atoms with van der Waals surface area (Å²) in [5, 5.41) is 4.88. The van der Waals surface area contributed by atoms with E-state index in [1.807, 2.05) is 49.6 Å². The van der Waals surface area contributed by atoms with Gasteiger partial charge in [0, 0.05) is 12.2 Å². The number of nitrogens with zero attached hydrogens (tertiary/aromatic N) is 1. The topological polar surface area (TPSA) is 49.4 Å². The van der Waals surface area contributed by atoms with Gasteiger partial charge in [-0.05, 0) is 55.3 Å². The van der Waals surface area contributed by atoms with E-state index < -0.39 is 0 Å². The van der Waals surface area contributed by atoms with Crippen LogP contribution in [-0.2, 0) is 4.79 Å². The van der Waals surface area contributed by atoms with Gasteiger partial charge in [0.1, 0.15) is 6.04 Å². The minimum atomic E-state index is -0.385. The Balaban J connectivity index is 1.76. The number of nitrogens with one attached hydrogen (secondary N) is 1. The Kier molecular flexibility index (Phi) is 4.48. The highest BCUT2D eigenvalue weighted by atomic mass is 32.1. The number of hydrogen-bond donors (Lipinski definition) is 1. The molecule has 1 aliphatic rings. The smallest absolute Gasteiger partial charge is 0.264 e. The molecule has 1 aliphatic heterocycles. The summed E-state index contributed by atoms with van der Waals surface area (Å²) in [6.45, 7) is 4.66. The molecule has 4 nitrogen and oxygen atoms in total. The molecule has 0 unspecified atom stereocenters. The fourth-order valence-electron chi connectivity index (χ4n) is 2.93. The average Bonchev–Trinajstić information content (AvgIpc) is 3.21. The minimum absolute atomic E-state index is 0.0429. The zero-order chi connectivity index (χ0) is 16.4. The second-order valence-corrected chi connectivity index (χ2v) is 6.82. The van der Waals surface area contributed by atoms with Gasteiger partial charge in [-0.1, -0.05) is 18.2 Å². The molecule has 2 amide bonds. The molecule has 1 aromatic carbocycles. The zero-order valence-electron chi connectivity index (χ0n) is 13.3. The molecule has 5 heteroatoms. The van der Waals surface area contributed by atoms with Gasteiger partial charge in [0.15, 0.2) is 0 Å². The van der Waals surface area contributed by atoms with Gasteiger partial charge >= 0.3 is 0 Å². The van der Waals surface area contributed by atoms with Crippen molar-refractivity contribution in [3.8, 4) is 0 Å². The molecule has 23 heavy (non-hydrogen) atoms. The number of likely N-dealkylation sites (tertiary alicyclic amines) is 1. The van der Waals surface area contributed by atoms with Crippen LogP contribution >= 0.6 is 11.3 Å². The molecule has 1 N–H and O–H groups in total. The summed E-state index contributed by atoms with van der Waals surface area (Å²) in [6.07, 6.45) is 1.58. The van der Waals surface area contributed by atoms with Gasteiger partial charge in [-0.3, -0.25) is 9.59 Å². The lowest BCUT2D eigenvalue weighted by atomic mass is 10.1. The van der Waals surface area contributed by atoms with Crippen molar-refractivity contribution in [2.45, 2.75) is 32.7 Å². The fourth-order valence-corrected chi connectivity index (χ4v) is 3.61. The monoisotopic (exact) mass is 328 g/mol. The van der Waals surface area contributed by atoms with Gasteiger partial charge in [0.25, 0.3) is 5.91 Å². The molecule has 1 saturated heterocycles. The number of rotatable bonds is 3. The summed E-state index contributed by atoms with van der Waals surface area (Å²) in [6, 6.07) is 9.14. The third kappa shape index (κ3) is 3.15. The maximum atomic E-state index is 12.7. The summed E-state index contributed by atoms with van der Waals surface area (Å²) < 4.78 is 0. The van der Waals surface area contributed by atoms with Gasteiger partial charge < -0.3 is 10.2 Å². The Morgan fingerprint density at radius 3 is 2.78 bits per heavy atom. The van der Waals surface area contributed by atoms with Gasteiger partial charge in [-0.15, -0.1) is 11.3 Å². The standard InChI is InChI=1S/C18H20N2O2S/c1-12-6-3-7-14(13(12)2)19-17(21)15-8-4-10-20(15)18(22)16-9-5-11-23-16/h3,5-7,9,11,15H,4,8,10H2,1-2H3,(H,19,21)/t15-/m0/s1. The van der Waals surface area contributed by atoms with Crippen LogP contribution in [0, 0.1) is 13.8 Å². The lowest BCUT2D eigenvalue weighted by molar-refractivity contribution is -0.119. The number of carbonyl (C=O) groups excluding carboxylic acids is 2. The first kappa shape index (κ1) is 15.7. The summed E-state index contributed by atoms with van der Waals surface area (Å²) in [5.41, 5.74) is 3.03. The second-order valence-electron chi connectivity index (χ2n) is 5.87. The van der Waals surface area contributed by atoms with Gasteiger partial charge in [-0.25, -0.2) is 0 Å². The molecular weight excluding hydrogens is 308 g/mol. The summed E-state index contributed by atoms with van der Waals surface area (Å²) in [5.74, 6) is -0.139. The van der Waals surface area contributed by atoms with Crippen LogP contribution in [0.25, 0.3) is 0 Å². The van der Waals surface area contributed by atoms with Crippen LogP contribution < -0.4 is 5.32 Å².